The molecule has 2 nitrogen and oxygen atoms in total. The van der Waals surface area contributed by atoms with Crippen molar-refractivity contribution in [3.05, 3.63) is 36.4 Å². The van der Waals surface area contributed by atoms with Crippen LogP contribution in [0.5, 0.6) is 11.5 Å². The number of rotatable bonds is 2. The molecule has 0 aliphatic carbocycles. The molecular weight excluding hydrogens is 152 g/mol. The fourth-order valence-corrected chi connectivity index (χ4v) is 1.20. The first-order valence-electron chi connectivity index (χ1n) is 3.78. The molecule has 0 bridgehead atoms. The van der Waals surface area contributed by atoms with Gasteiger partial charge >= 0.3 is 0 Å². The Morgan fingerprint density at radius 3 is 3.00 bits per heavy atom. The van der Waals surface area contributed by atoms with Crippen molar-refractivity contribution in [1.82, 2.24) is 0 Å². The molecule has 1 aromatic carbocycles. The van der Waals surface area contributed by atoms with E-state index in [0.717, 1.165) is 23.5 Å². The van der Waals surface area contributed by atoms with Gasteiger partial charge in [0.2, 0.25) is 6.79 Å². The van der Waals surface area contributed by atoms with Crippen LogP contribution in [0, 0.1) is 6.08 Å². The van der Waals surface area contributed by atoms with Crippen molar-refractivity contribution in [2.75, 3.05) is 6.79 Å². The van der Waals surface area contributed by atoms with Gasteiger partial charge in [0.25, 0.3) is 0 Å². The third-order valence-electron chi connectivity index (χ3n) is 1.77. The lowest BCUT2D eigenvalue weighted by molar-refractivity contribution is 0.174. The summed E-state index contributed by atoms with van der Waals surface area (Å²) >= 11 is 0. The van der Waals surface area contributed by atoms with E-state index in [9.17, 15) is 0 Å². The molecule has 0 N–H and O–H groups in total. The molecule has 2 rings (SSSR count). The Morgan fingerprint density at radius 2 is 2.17 bits per heavy atom. The summed E-state index contributed by atoms with van der Waals surface area (Å²) in [7, 11) is 0. The molecule has 0 saturated heterocycles. The van der Waals surface area contributed by atoms with Gasteiger partial charge in [-0.1, -0.05) is 12.6 Å². The molecule has 1 aliphatic heterocycles. The van der Waals surface area contributed by atoms with Crippen LogP contribution in [0.15, 0.2) is 24.8 Å². The van der Waals surface area contributed by atoms with Crippen LogP contribution in [0.25, 0.3) is 0 Å². The predicted octanol–water partition coefficient (Wildman–Crippen LogP) is 1.95. The first-order valence-corrected chi connectivity index (χ1v) is 3.78. The van der Waals surface area contributed by atoms with Crippen molar-refractivity contribution in [1.29, 1.82) is 0 Å². The molecule has 12 heavy (non-hydrogen) atoms. The average Bonchev–Trinajstić information content (AvgIpc) is 2.51. The minimum Gasteiger partial charge on any atom is -0.454 e. The highest BCUT2D eigenvalue weighted by molar-refractivity contribution is 5.44. The zero-order valence-electron chi connectivity index (χ0n) is 6.67. The number of fused-ring (bicyclic) bond motifs is 1. The molecule has 0 aromatic heterocycles. The Morgan fingerprint density at radius 1 is 1.33 bits per heavy atom. The predicted molar refractivity (Wildman–Crippen MR) is 45.1 cm³/mol. The Hall–Kier alpha value is -1.44. The van der Waals surface area contributed by atoms with Gasteiger partial charge in [0.15, 0.2) is 11.5 Å². The first-order chi connectivity index (χ1) is 5.90. The topological polar surface area (TPSA) is 18.5 Å². The van der Waals surface area contributed by atoms with Crippen LogP contribution in [0.4, 0.5) is 0 Å². The number of hydrogen-bond donors (Lipinski definition) is 0. The maximum absolute atomic E-state index is 5.22. The molecule has 1 heterocycles. The van der Waals surface area contributed by atoms with Crippen molar-refractivity contribution in [2.24, 2.45) is 0 Å². The van der Waals surface area contributed by atoms with Crippen LogP contribution in [-0.4, -0.2) is 6.79 Å². The summed E-state index contributed by atoms with van der Waals surface area (Å²) in [5, 5.41) is 0. The van der Waals surface area contributed by atoms with Crippen molar-refractivity contribution in [2.45, 2.75) is 6.42 Å². The van der Waals surface area contributed by atoms with Gasteiger partial charge < -0.3 is 9.47 Å². The summed E-state index contributed by atoms with van der Waals surface area (Å²) in [5.41, 5.74) is 1.15. The molecule has 1 radical (unpaired) electrons. The highest BCUT2D eigenvalue weighted by atomic mass is 16.7. The molecule has 0 atom stereocenters. The van der Waals surface area contributed by atoms with Crippen molar-refractivity contribution < 1.29 is 9.47 Å². The quantitative estimate of drug-likeness (QED) is 0.660. The molecule has 2 heteroatoms. The van der Waals surface area contributed by atoms with E-state index in [4.69, 9.17) is 9.47 Å². The van der Waals surface area contributed by atoms with E-state index in [1.54, 1.807) is 0 Å². The van der Waals surface area contributed by atoms with Gasteiger partial charge in [0.05, 0.1) is 0 Å². The van der Waals surface area contributed by atoms with Gasteiger partial charge in [-0.25, -0.2) is 0 Å². The zero-order chi connectivity index (χ0) is 8.39. The monoisotopic (exact) mass is 161 g/mol. The smallest absolute Gasteiger partial charge is 0.231 e. The lowest BCUT2D eigenvalue weighted by Crippen LogP contribution is -1.92. The third-order valence-corrected chi connectivity index (χ3v) is 1.77. The minimum atomic E-state index is 0.330. The maximum atomic E-state index is 5.22. The lowest BCUT2D eigenvalue weighted by atomic mass is 10.1. The second-order valence-corrected chi connectivity index (χ2v) is 2.61. The summed E-state index contributed by atoms with van der Waals surface area (Å²) in [6, 6.07) is 5.86. The molecule has 61 valence electrons. The van der Waals surface area contributed by atoms with Gasteiger partial charge in [0, 0.05) is 0 Å². The van der Waals surface area contributed by atoms with E-state index in [0.29, 0.717) is 6.79 Å². The van der Waals surface area contributed by atoms with E-state index < -0.39 is 0 Å². The average molecular weight is 161 g/mol. The van der Waals surface area contributed by atoms with Crippen LogP contribution in [0.3, 0.4) is 0 Å². The van der Waals surface area contributed by atoms with E-state index in [1.165, 1.54) is 0 Å². The highest BCUT2D eigenvalue weighted by Crippen LogP contribution is 2.32. The minimum absolute atomic E-state index is 0.330. The lowest BCUT2D eigenvalue weighted by Gasteiger charge is -1.98. The number of hydrogen-bond acceptors (Lipinski definition) is 2. The molecule has 0 unspecified atom stereocenters. The fourth-order valence-electron chi connectivity index (χ4n) is 1.20. The standard InChI is InChI=1S/C10H9O2/c1-2-3-8-4-5-9-10(6-8)12-7-11-9/h4-6H,1,3,7H2. The Bertz CT molecular complexity index is 305. The summed E-state index contributed by atoms with van der Waals surface area (Å²) in [5.74, 6) is 1.64. The normalized spacial score (nSPS) is 13.0. The van der Waals surface area contributed by atoms with Gasteiger partial charge in [-0.3, -0.25) is 0 Å². The van der Waals surface area contributed by atoms with Crippen molar-refractivity contribution in [3.8, 4) is 11.5 Å². The molecule has 0 saturated carbocycles. The number of allylic oxidation sites excluding steroid dienone is 1. The van der Waals surface area contributed by atoms with E-state index in [-0.39, 0.29) is 0 Å². The highest BCUT2D eigenvalue weighted by Gasteiger charge is 2.12. The van der Waals surface area contributed by atoms with E-state index in [2.05, 4.69) is 12.7 Å². The molecule has 0 spiro atoms. The van der Waals surface area contributed by atoms with Crippen LogP contribution < -0.4 is 9.47 Å². The van der Waals surface area contributed by atoms with Crippen LogP contribution >= 0.6 is 0 Å². The van der Waals surface area contributed by atoms with Crippen LogP contribution in [-0.2, 0) is 6.42 Å². The van der Waals surface area contributed by atoms with Crippen molar-refractivity contribution >= 4 is 0 Å². The first kappa shape index (κ1) is 7.22. The fraction of sp³-hybridized carbons (Fsp3) is 0.200. The van der Waals surface area contributed by atoms with Gasteiger partial charge in [-0.05, 0) is 30.2 Å². The third kappa shape index (κ3) is 1.16. The Labute approximate surface area is 71.4 Å². The number of benzene rings is 1. The molecule has 0 amide bonds. The van der Waals surface area contributed by atoms with E-state index >= 15 is 0 Å². The second kappa shape index (κ2) is 2.89. The van der Waals surface area contributed by atoms with Gasteiger partial charge in [-0.15, -0.1) is 0 Å². The summed E-state index contributed by atoms with van der Waals surface area (Å²) < 4.78 is 10.4. The van der Waals surface area contributed by atoms with E-state index in [1.807, 2.05) is 18.2 Å². The zero-order valence-corrected chi connectivity index (χ0v) is 6.67. The maximum Gasteiger partial charge on any atom is 0.231 e. The van der Waals surface area contributed by atoms with Gasteiger partial charge in [0.1, 0.15) is 0 Å². The SMILES string of the molecule is C=[C]Cc1ccc2c(c1)OCO2. The molecular formula is C10H9O2. The Kier molecular flexibility index (Phi) is 1.74. The van der Waals surface area contributed by atoms with Crippen LogP contribution in [0.1, 0.15) is 5.56 Å². The van der Waals surface area contributed by atoms with Gasteiger partial charge in [-0.2, -0.15) is 0 Å². The van der Waals surface area contributed by atoms with Crippen LogP contribution in [0.2, 0.25) is 0 Å². The Balaban J connectivity index is 2.32. The largest absolute Gasteiger partial charge is 0.454 e. The molecule has 1 aliphatic rings. The molecule has 1 aromatic rings. The number of ether oxygens (including phenoxy) is 2. The van der Waals surface area contributed by atoms with Crippen molar-refractivity contribution in [3.63, 3.8) is 0 Å². The summed E-state index contributed by atoms with van der Waals surface area (Å²) in [6.07, 6.45) is 3.58. The molecule has 0 fully saturated rings. The second-order valence-electron chi connectivity index (χ2n) is 2.61. The summed E-state index contributed by atoms with van der Waals surface area (Å²) in [6.45, 7) is 3.88. The summed E-state index contributed by atoms with van der Waals surface area (Å²) in [4.78, 5) is 0.